The fraction of sp³-hybridized carbons (Fsp3) is 0.500. The highest BCUT2D eigenvalue weighted by Crippen LogP contribution is 2.19. The molecule has 0 atom stereocenters. The van der Waals surface area contributed by atoms with E-state index >= 15 is 0 Å². The predicted octanol–water partition coefficient (Wildman–Crippen LogP) is 1.33. The minimum Gasteiger partial charge on any atom is -0.478 e. The van der Waals surface area contributed by atoms with Gasteiger partial charge in [-0.2, -0.15) is 0 Å². The molecule has 0 amide bonds. The highest BCUT2D eigenvalue weighted by Gasteiger charge is 2.19. The number of carboxylic acids is 1. The summed E-state index contributed by atoms with van der Waals surface area (Å²) >= 11 is 0. The van der Waals surface area contributed by atoms with Crippen LogP contribution in [0.4, 0.5) is 0 Å². The van der Waals surface area contributed by atoms with Crippen LogP contribution in [0.25, 0.3) is 0 Å². The van der Waals surface area contributed by atoms with Gasteiger partial charge in [-0.15, -0.1) is 0 Å². The van der Waals surface area contributed by atoms with Crippen molar-refractivity contribution >= 4 is 12.3 Å². The molecule has 1 heterocycles. The zero-order chi connectivity index (χ0) is 13.0. The van der Waals surface area contributed by atoms with E-state index < -0.39 is 5.97 Å². The molecule has 0 radical (unpaired) electrons. The van der Waals surface area contributed by atoms with Crippen molar-refractivity contribution in [2.24, 2.45) is 0 Å². The summed E-state index contributed by atoms with van der Waals surface area (Å²) in [4.78, 5) is 26.8. The van der Waals surface area contributed by atoms with Gasteiger partial charge in [-0.25, -0.2) is 4.79 Å². The van der Waals surface area contributed by atoms with Gasteiger partial charge in [0.1, 0.15) is 0 Å². The Bertz CT molecular complexity index is 422. The van der Waals surface area contributed by atoms with Gasteiger partial charge >= 0.3 is 5.97 Å². The molecule has 0 saturated heterocycles. The Labute approximate surface area is 100 Å². The molecule has 1 rings (SSSR count). The van der Waals surface area contributed by atoms with Crippen LogP contribution in [0.1, 0.15) is 38.5 Å². The first-order valence-corrected chi connectivity index (χ1v) is 5.52. The number of aromatic nitrogens is 1. The van der Waals surface area contributed by atoms with Crippen LogP contribution >= 0.6 is 0 Å². The predicted molar refractivity (Wildman–Crippen MR) is 64.8 cm³/mol. The van der Waals surface area contributed by atoms with E-state index in [0.29, 0.717) is 29.7 Å². The number of aldehydes is 1. The van der Waals surface area contributed by atoms with Crippen molar-refractivity contribution in [3.05, 3.63) is 22.5 Å². The third kappa shape index (κ3) is 3.17. The average molecular weight is 238 g/mol. The zero-order valence-electron chi connectivity index (χ0n) is 10.4. The molecule has 0 aliphatic carbocycles. The van der Waals surface area contributed by atoms with E-state index in [4.69, 9.17) is 5.11 Å². The first-order valence-electron chi connectivity index (χ1n) is 5.52. The zero-order valence-corrected chi connectivity index (χ0v) is 10.4. The fourth-order valence-corrected chi connectivity index (χ4v) is 1.92. The monoisotopic (exact) mass is 238 g/mol. The Kier molecular flexibility index (Phi) is 4.45. The Morgan fingerprint density at radius 1 is 1.47 bits per heavy atom. The second kappa shape index (κ2) is 5.63. The van der Waals surface area contributed by atoms with Crippen LogP contribution in [0.3, 0.4) is 0 Å². The smallest absolute Gasteiger partial charge is 0.337 e. The topological polar surface area (TPSA) is 73.4 Å². The molecule has 1 aromatic rings. The Balaban J connectivity index is 2.94. The number of carbonyl (C=O) groups is 2. The van der Waals surface area contributed by atoms with Gasteiger partial charge in [-0.05, 0) is 46.0 Å². The average Bonchev–Trinajstić information content (AvgIpc) is 2.54. The molecule has 0 fully saturated rings. The van der Waals surface area contributed by atoms with Gasteiger partial charge in [0.2, 0.25) is 0 Å². The van der Waals surface area contributed by atoms with Gasteiger partial charge in [-0.1, -0.05) is 0 Å². The van der Waals surface area contributed by atoms with Gasteiger partial charge in [0.15, 0.2) is 6.29 Å². The van der Waals surface area contributed by atoms with Crippen LogP contribution in [0, 0.1) is 6.92 Å². The molecule has 0 unspecified atom stereocenters. The van der Waals surface area contributed by atoms with Crippen molar-refractivity contribution in [1.82, 2.24) is 9.88 Å². The van der Waals surface area contributed by atoms with Crippen LogP contribution in [-0.4, -0.2) is 47.9 Å². The lowest BCUT2D eigenvalue weighted by Crippen LogP contribution is -2.14. The van der Waals surface area contributed by atoms with Gasteiger partial charge in [0, 0.05) is 5.69 Å². The van der Waals surface area contributed by atoms with Crippen LogP contribution in [0.5, 0.6) is 0 Å². The third-order valence-electron chi connectivity index (χ3n) is 2.69. The van der Waals surface area contributed by atoms with Crippen molar-refractivity contribution in [2.45, 2.75) is 19.8 Å². The summed E-state index contributed by atoms with van der Waals surface area (Å²) in [6, 6.07) is 0. The highest BCUT2D eigenvalue weighted by molar-refractivity contribution is 5.94. The van der Waals surface area contributed by atoms with Crippen molar-refractivity contribution in [2.75, 3.05) is 20.6 Å². The van der Waals surface area contributed by atoms with Gasteiger partial charge in [-0.3, -0.25) is 4.79 Å². The van der Waals surface area contributed by atoms with Crippen LogP contribution < -0.4 is 0 Å². The number of carbonyl (C=O) groups excluding carboxylic acids is 1. The summed E-state index contributed by atoms with van der Waals surface area (Å²) < 4.78 is 0. The molecular weight excluding hydrogens is 220 g/mol. The molecule has 2 N–H and O–H groups in total. The number of carboxylic acid groups (broad SMARTS) is 1. The molecule has 0 aromatic carbocycles. The van der Waals surface area contributed by atoms with Crippen molar-refractivity contribution < 1.29 is 14.7 Å². The lowest BCUT2D eigenvalue weighted by Gasteiger charge is -2.09. The van der Waals surface area contributed by atoms with E-state index in [-0.39, 0.29) is 5.56 Å². The van der Waals surface area contributed by atoms with Crippen molar-refractivity contribution in [3.63, 3.8) is 0 Å². The minimum atomic E-state index is -0.980. The molecule has 0 aliphatic rings. The fourth-order valence-electron chi connectivity index (χ4n) is 1.92. The van der Waals surface area contributed by atoms with Crippen LogP contribution in [0.15, 0.2) is 0 Å². The summed E-state index contributed by atoms with van der Waals surface area (Å²) in [5.41, 5.74) is 1.79. The molecule has 0 saturated carbocycles. The second-order valence-electron chi connectivity index (χ2n) is 4.35. The number of aromatic carboxylic acids is 1. The van der Waals surface area contributed by atoms with E-state index in [1.54, 1.807) is 6.92 Å². The molecular formula is C12H18N2O3. The summed E-state index contributed by atoms with van der Waals surface area (Å²) in [5.74, 6) is -0.980. The molecule has 0 aliphatic heterocycles. The highest BCUT2D eigenvalue weighted by atomic mass is 16.4. The maximum Gasteiger partial charge on any atom is 0.337 e. The molecule has 5 heteroatoms. The number of aromatic amines is 1. The quantitative estimate of drug-likeness (QED) is 0.733. The van der Waals surface area contributed by atoms with E-state index in [2.05, 4.69) is 4.98 Å². The molecule has 0 spiro atoms. The number of aryl methyl sites for hydroxylation is 1. The largest absolute Gasteiger partial charge is 0.478 e. The van der Waals surface area contributed by atoms with Crippen molar-refractivity contribution in [1.29, 1.82) is 0 Å². The molecule has 5 nitrogen and oxygen atoms in total. The molecule has 1 aromatic heterocycles. The van der Waals surface area contributed by atoms with Gasteiger partial charge in [0.05, 0.1) is 11.3 Å². The van der Waals surface area contributed by atoms with E-state index in [1.165, 1.54) is 0 Å². The van der Waals surface area contributed by atoms with E-state index in [0.717, 1.165) is 13.0 Å². The minimum absolute atomic E-state index is 0.242. The SMILES string of the molecule is Cc1[nH]c(C=O)c(CCCN(C)C)c1C(=O)O. The van der Waals surface area contributed by atoms with E-state index in [1.807, 2.05) is 19.0 Å². The summed E-state index contributed by atoms with van der Waals surface area (Å²) in [7, 11) is 3.92. The Morgan fingerprint density at radius 2 is 2.12 bits per heavy atom. The lowest BCUT2D eigenvalue weighted by atomic mass is 10.0. The number of hydrogen-bond donors (Lipinski definition) is 2. The van der Waals surface area contributed by atoms with Crippen molar-refractivity contribution in [3.8, 4) is 0 Å². The first kappa shape index (κ1) is 13.4. The molecule has 0 bridgehead atoms. The number of rotatable bonds is 6. The van der Waals surface area contributed by atoms with E-state index in [9.17, 15) is 9.59 Å². The number of hydrogen-bond acceptors (Lipinski definition) is 3. The third-order valence-corrected chi connectivity index (χ3v) is 2.69. The summed E-state index contributed by atoms with van der Waals surface area (Å²) in [6.45, 7) is 2.54. The van der Waals surface area contributed by atoms with Crippen LogP contribution in [0.2, 0.25) is 0 Å². The maximum absolute atomic E-state index is 11.1. The van der Waals surface area contributed by atoms with Gasteiger partial charge < -0.3 is 15.0 Å². The Morgan fingerprint density at radius 3 is 2.59 bits per heavy atom. The van der Waals surface area contributed by atoms with Gasteiger partial charge in [0.25, 0.3) is 0 Å². The first-order chi connectivity index (χ1) is 7.97. The molecule has 94 valence electrons. The second-order valence-corrected chi connectivity index (χ2v) is 4.35. The normalized spacial score (nSPS) is 10.8. The number of nitrogens with one attached hydrogen (secondary N) is 1. The summed E-state index contributed by atoms with van der Waals surface area (Å²) in [5, 5.41) is 9.12. The maximum atomic E-state index is 11.1. The Hall–Kier alpha value is -1.62. The lowest BCUT2D eigenvalue weighted by molar-refractivity contribution is 0.0695. The number of nitrogens with zero attached hydrogens (tertiary/aromatic N) is 1. The number of H-pyrrole nitrogens is 1. The standard InChI is InChI=1S/C12H18N2O3/c1-8-11(12(16)17)9(10(7-15)13-8)5-4-6-14(2)3/h7,13H,4-6H2,1-3H3,(H,16,17). The molecule has 17 heavy (non-hydrogen) atoms. The summed E-state index contributed by atoms with van der Waals surface area (Å²) in [6.07, 6.45) is 2.11. The van der Waals surface area contributed by atoms with Crippen LogP contribution in [-0.2, 0) is 6.42 Å².